The first-order chi connectivity index (χ1) is 23.6. The topological polar surface area (TPSA) is 121 Å². The van der Waals surface area contributed by atoms with Crippen LogP contribution in [0.2, 0.25) is 0 Å². The van der Waals surface area contributed by atoms with Crippen molar-refractivity contribution in [3.63, 3.8) is 0 Å². The minimum absolute atomic E-state index is 0.0581. The minimum atomic E-state index is -5.33. The molecule has 0 bridgehead atoms. The molecule has 3 aromatic rings. The van der Waals surface area contributed by atoms with Crippen LogP contribution in [0.5, 0.6) is 5.75 Å². The number of piperidine rings is 1. The predicted octanol–water partition coefficient (Wildman–Crippen LogP) is 8.72. The fourth-order valence-electron chi connectivity index (χ4n) is 7.28. The number of hydrogen-bond acceptors (Lipinski definition) is 7. The quantitative estimate of drug-likeness (QED) is 0.234. The number of carbonyl (C=O) groups is 2. The summed E-state index contributed by atoms with van der Waals surface area (Å²) in [5.41, 5.74) is 5.35. The lowest BCUT2D eigenvalue weighted by Crippen LogP contribution is -2.37. The summed E-state index contributed by atoms with van der Waals surface area (Å²) in [6.07, 6.45) is -5.26. The summed E-state index contributed by atoms with van der Waals surface area (Å²) in [4.78, 5) is 31.7. The molecule has 3 aliphatic rings. The Morgan fingerprint density at radius 1 is 1.00 bits per heavy atom. The van der Waals surface area contributed by atoms with E-state index in [1.165, 1.54) is 0 Å². The second-order valence-electron chi connectivity index (χ2n) is 16.0. The normalized spacial score (nSPS) is 20.5. The molecule has 278 valence electrons. The van der Waals surface area contributed by atoms with Gasteiger partial charge in [-0.3, -0.25) is 5.32 Å². The van der Waals surface area contributed by atoms with E-state index in [0.717, 1.165) is 24.5 Å². The van der Waals surface area contributed by atoms with Crippen molar-refractivity contribution in [3.8, 4) is 17.0 Å². The number of aromatic nitrogens is 2. The number of fused-ring (bicyclic) bond motifs is 2. The molecule has 51 heavy (non-hydrogen) atoms. The van der Waals surface area contributed by atoms with Crippen LogP contribution < -0.4 is 15.8 Å². The van der Waals surface area contributed by atoms with Crippen LogP contribution in [0.1, 0.15) is 103 Å². The second kappa shape index (κ2) is 12.5. The van der Waals surface area contributed by atoms with Crippen molar-refractivity contribution < 1.29 is 45.8 Å². The Balaban J connectivity index is 1.51. The number of hydrogen-bond donors (Lipinski definition) is 2. The smallest absolute Gasteiger partial charge is 0.444 e. The summed E-state index contributed by atoms with van der Waals surface area (Å²) in [6, 6.07) is 1.52. The van der Waals surface area contributed by atoms with Crippen molar-refractivity contribution >= 4 is 28.8 Å². The van der Waals surface area contributed by atoms with Crippen LogP contribution in [0.25, 0.3) is 22.2 Å². The standard InChI is InChI=1S/C36H44F5N5O5/c1-16(2)28-26-25(24-20-14-45(15-21(20)24)33(48)51-35(6,7)8)23(13-42)46(18-9-10-18)30(26)27(38)29(44-28)19-11-17(43-32(47)50-34(3,4)5)12-22(37)31(19)49-36(39,40)41/h11-12,16,18,20-21,24H,9-10,13-15,42H2,1-8H3,(H,43,47). The number of carbonyl (C=O) groups excluding carboxylic acids is 2. The third kappa shape index (κ3) is 7.31. The van der Waals surface area contributed by atoms with E-state index in [1.54, 1.807) is 46.4 Å². The summed E-state index contributed by atoms with van der Waals surface area (Å²) < 4.78 is 90.6. The van der Waals surface area contributed by atoms with Gasteiger partial charge in [0.25, 0.3) is 0 Å². The van der Waals surface area contributed by atoms with Gasteiger partial charge >= 0.3 is 18.5 Å². The summed E-state index contributed by atoms with van der Waals surface area (Å²) >= 11 is 0. The lowest BCUT2D eigenvalue weighted by Gasteiger charge is -2.26. The molecule has 3 fully saturated rings. The third-order valence-corrected chi connectivity index (χ3v) is 9.25. The number of anilines is 1. The van der Waals surface area contributed by atoms with Gasteiger partial charge in [-0.05, 0) is 89.7 Å². The molecule has 6 rings (SSSR count). The zero-order valence-electron chi connectivity index (χ0n) is 29.9. The molecule has 1 saturated heterocycles. The molecule has 10 nitrogen and oxygen atoms in total. The van der Waals surface area contributed by atoms with Crippen molar-refractivity contribution in [3.05, 3.63) is 40.7 Å². The minimum Gasteiger partial charge on any atom is -0.444 e. The lowest BCUT2D eigenvalue weighted by atomic mass is 9.95. The maximum Gasteiger partial charge on any atom is 0.573 e. The number of halogens is 5. The Morgan fingerprint density at radius 2 is 1.61 bits per heavy atom. The molecule has 0 spiro atoms. The monoisotopic (exact) mass is 721 g/mol. The summed E-state index contributed by atoms with van der Waals surface area (Å²) in [5, 5.41) is 2.85. The molecule has 0 radical (unpaired) electrons. The number of nitrogens with one attached hydrogen (secondary N) is 1. The first-order valence-corrected chi connectivity index (χ1v) is 17.1. The Morgan fingerprint density at radius 3 is 2.12 bits per heavy atom. The molecule has 1 aliphatic heterocycles. The number of pyridine rings is 1. The Hall–Kier alpha value is -4.14. The SMILES string of the molecule is CC(C)c1nc(-c2cc(NC(=O)OC(C)(C)C)cc(F)c2OC(F)(F)F)c(F)c2c1c(C1C3CN(C(=O)OC(C)(C)C)CC31)c(CN)n2C1CC1. The van der Waals surface area contributed by atoms with Crippen molar-refractivity contribution in [1.29, 1.82) is 0 Å². The fourth-order valence-corrected chi connectivity index (χ4v) is 7.28. The van der Waals surface area contributed by atoms with E-state index in [9.17, 15) is 22.8 Å². The highest BCUT2D eigenvalue weighted by molar-refractivity contribution is 5.94. The van der Waals surface area contributed by atoms with Gasteiger partial charge in [-0.2, -0.15) is 0 Å². The van der Waals surface area contributed by atoms with Crippen LogP contribution in [0.3, 0.4) is 0 Å². The Labute approximate surface area is 292 Å². The van der Waals surface area contributed by atoms with Crippen LogP contribution in [-0.2, 0) is 16.0 Å². The van der Waals surface area contributed by atoms with Crippen molar-refractivity contribution in [2.75, 3.05) is 18.4 Å². The van der Waals surface area contributed by atoms with Crippen LogP contribution >= 0.6 is 0 Å². The molecule has 3 N–H and O–H groups in total. The predicted molar refractivity (Wildman–Crippen MR) is 179 cm³/mol. The first kappa shape index (κ1) is 36.6. The number of rotatable bonds is 7. The number of likely N-dealkylation sites (tertiary alicyclic amines) is 1. The highest BCUT2D eigenvalue weighted by atomic mass is 19.4. The van der Waals surface area contributed by atoms with Gasteiger partial charge in [0.2, 0.25) is 0 Å². The average molecular weight is 722 g/mol. The molecular formula is C36H44F5N5O5. The van der Waals surface area contributed by atoms with Gasteiger partial charge in [0.15, 0.2) is 17.4 Å². The highest BCUT2D eigenvalue weighted by Gasteiger charge is 2.59. The fraction of sp³-hybridized carbons (Fsp3) is 0.583. The van der Waals surface area contributed by atoms with E-state index < -0.39 is 58.4 Å². The molecule has 2 aliphatic carbocycles. The zero-order valence-corrected chi connectivity index (χ0v) is 29.9. The molecule has 2 aromatic heterocycles. The molecule has 2 atom stereocenters. The number of benzene rings is 1. The number of nitrogens with two attached hydrogens (primary N) is 1. The average Bonchev–Trinajstić information content (AvgIpc) is 3.85. The van der Waals surface area contributed by atoms with Crippen LogP contribution in [-0.4, -0.2) is 57.3 Å². The van der Waals surface area contributed by atoms with Crippen LogP contribution in [0.15, 0.2) is 12.1 Å². The highest BCUT2D eigenvalue weighted by Crippen LogP contribution is 2.62. The van der Waals surface area contributed by atoms with E-state index in [0.29, 0.717) is 35.9 Å². The summed E-state index contributed by atoms with van der Waals surface area (Å²) in [6.45, 7) is 14.8. The van der Waals surface area contributed by atoms with E-state index >= 15 is 8.78 Å². The van der Waals surface area contributed by atoms with Crippen molar-refractivity contribution in [2.24, 2.45) is 17.6 Å². The van der Waals surface area contributed by atoms with Crippen LogP contribution in [0, 0.1) is 23.5 Å². The lowest BCUT2D eigenvalue weighted by molar-refractivity contribution is -0.275. The van der Waals surface area contributed by atoms with Gasteiger partial charge in [-0.1, -0.05) is 13.8 Å². The Bertz CT molecular complexity index is 1880. The van der Waals surface area contributed by atoms with E-state index in [1.807, 2.05) is 18.4 Å². The second-order valence-corrected chi connectivity index (χ2v) is 16.0. The molecule has 1 aromatic carbocycles. The maximum atomic E-state index is 17.3. The molecule has 2 amide bonds. The Kier molecular flexibility index (Phi) is 9.00. The molecular weight excluding hydrogens is 677 g/mol. The van der Waals surface area contributed by atoms with E-state index in [-0.39, 0.29) is 47.5 Å². The maximum absolute atomic E-state index is 17.3. The van der Waals surface area contributed by atoms with Crippen LogP contribution in [0.4, 0.5) is 37.2 Å². The van der Waals surface area contributed by atoms with Crippen molar-refractivity contribution in [2.45, 2.75) is 110 Å². The van der Waals surface area contributed by atoms with E-state index in [4.69, 9.17) is 15.2 Å². The van der Waals surface area contributed by atoms with Gasteiger partial charge in [0.05, 0.1) is 16.8 Å². The van der Waals surface area contributed by atoms with Gasteiger partial charge in [-0.15, -0.1) is 13.2 Å². The zero-order chi connectivity index (χ0) is 37.5. The first-order valence-electron chi connectivity index (χ1n) is 17.1. The number of amides is 2. The summed E-state index contributed by atoms with van der Waals surface area (Å²) in [7, 11) is 0. The van der Waals surface area contributed by atoms with Gasteiger partial charge in [0.1, 0.15) is 16.9 Å². The third-order valence-electron chi connectivity index (χ3n) is 9.25. The number of nitrogens with zero attached hydrogens (tertiary/aromatic N) is 3. The molecule has 2 unspecified atom stereocenters. The summed E-state index contributed by atoms with van der Waals surface area (Å²) in [5.74, 6) is -4.03. The number of ether oxygens (including phenoxy) is 3. The molecule has 15 heteroatoms. The molecule has 2 saturated carbocycles. The largest absolute Gasteiger partial charge is 0.573 e. The van der Waals surface area contributed by atoms with Crippen molar-refractivity contribution in [1.82, 2.24) is 14.5 Å². The van der Waals surface area contributed by atoms with E-state index in [2.05, 4.69) is 15.0 Å². The van der Waals surface area contributed by atoms with Gasteiger partial charge < -0.3 is 29.4 Å². The number of alkyl halides is 3. The molecule has 3 heterocycles. The van der Waals surface area contributed by atoms with Gasteiger partial charge in [0, 0.05) is 48.5 Å². The van der Waals surface area contributed by atoms with Gasteiger partial charge in [-0.25, -0.2) is 23.4 Å².